The quantitative estimate of drug-likeness (QED) is 0.415. The average Bonchev–Trinajstić information content (AvgIpc) is 3.23. The summed E-state index contributed by atoms with van der Waals surface area (Å²) in [6, 6.07) is 3.89. The smallest absolute Gasteiger partial charge is 0.416 e. The minimum atomic E-state index is -4.54. The van der Waals surface area contributed by atoms with E-state index in [-0.39, 0.29) is 24.2 Å². The van der Waals surface area contributed by atoms with Gasteiger partial charge in [0.05, 0.1) is 5.56 Å². The van der Waals surface area contributed by atoms with Crippen molar-refractivity contribution in [2.24, 2.45) is 11.8 Å². The molecule has 2 aliphatic rings. The number of hydrogen-bond acceptors (Lipinski definition) is 2. The number of carboxylic acids is 1. The molecule has 0 heterocycles. The highest BCUT2D eigenvalue weighted by Gasteiger charge is 2.34. The van der Waals surface area contributed by atoms with Gasteiger partial charge in [0.2, 0.25) is 0 Å². The lowest BCUT2D eigenvalue weighted by molar-refractivity contribution is -0.140. The number of rotatable bonds is 9. The Labute approximate surface area is 182 Å². The van der Waals surface area contributed by atoms with Crippen LogP contribution in [0.4, 0.5) is 13.2 Å². The highest BCUT2D eigenvalue weighted by molar-refractivity contribution is 5.67. The molecule has 0 aliphatic heterocycles. The molecule has 0 bridgehead atoms. The van der Waals surface area contributed by atoms with Crippen molar-refractivity contribution in [1.82, 2.24) is 0 Å². The van der Waals surface area contributed by atoms with Crippen molar-refractivity contribution in [3.8, 4) is 5.75 Å². The van der Waals surface area contributed by atoms with Gasteiger partial charge in [0, 0.05) is 6.42 Å². The zero-order valence-electron chi connectivity index (χ0n) is 18.3. The fourth-order valence-electron chi connectivity index (χ4n) is 5.18. The summed E-state index contributed by atoms with van der Waals surface area (Å²) >= 11 is 0. The summed E-state index contributed by atoms with van der Waals surface area (Å²) in [6.45, 7) is 2.62. The van der Waals surface area contributed by atoms with Crippen LogP contribution in [0.2, 0.25) is 0 Å². The lowest BCUT2D eigenvalue weighted by Gasteiger charge is -2.27. The molecule has 1 fully saturated rings. The van der Waals surface area contributed by atoms with Crippen LogP contribution in [0.1, 0.15) is 82.3 Å². The maximum atomic E-state index is 13.5. The fourth-order valence-corrected chi connectivity index (χ4v) is 5.18. The van der Waals surface area contributed by atoms with E-state index in [2.05, 4.69) is 6.92 Å². The van der Waals surface area contributed by atoms with Crippen molar-refractivity contribution in [2.45, 2.75) is 83.7 Å². The highest BCUT2D eigenvalue weighted by atomic mass is 19.4. The van der Waals surface area contributed by atoms with Gasteiger partial charge in [0.15, 0.2) is 0 Å². The van der Waals surface area contributed by atoms with Crippen molar-refractivity contribution in [2.75, 3.05) is 6.61 Å². The second-order valence-electron chi connectivity index (χ2n) is 9.12. The predicted octanol–water partition coefficient (Wildman–Crippen LogP) is 7.19. The van der Waals surface area contributed by atoms with E-state index in [9.17, 15) is 18.0 Å². The number of aryl methyl sites for hydroxylation is 1. The third kappa shape index (κ3) is 6.75. The number of carbonyl (C=O) groups is 1. The van der Waals surface area contributed by atoms with Gasteiger partial charge in [0.1, 0.15) is 12.4 Å². The molecular formula is C25H33F3O3. The van der Waals surface area contributed by atoms with Gasteiger partial charge in [-0.25, -0.2) is 0 Å². The number of benzene rings is 1. The maximum absolute atomic E-state index is 13.5. The molecule has 1 aromatic carbocycles. The monoisotopic (exact) mass is 438 g/mol. The molecular weight excluding hydrogens is 405 g/mol. The molecule has 0 amide bonds. The van der Waals surface area contributed by atoms with Crippen LogP contribution in [0.25, 0.3) is 0 Å². The Balaban J connectivity index is 1.71. The van der Waals surface area contributed by atoms with E-state index in [0.717, 1.165) is 31.2 Å². The maximum Gasteiger partial charge on any atom is 0.416 e. The lowest BCUT2D eigenvalue weighted by atomic mass is 9.80. The first kappa shape index (κ1) is 23.7. The molecule has 2 aliphatic carbocycles. The van der Waals surface area contributed by atoms with Gasteiger partial charge < -0.3 is 9.84 Å². The first-order valence-electron chi connectivity index (χ1n) is 11.5. The highest BCUT2D eigenvalue weighted by Crippen LogP contribution is 2.38. The van der Waals surface area contributed by atoms with Crippen molar-refractivity contribution in [1.29, 1.82) is 0 Å². The molecule has 1 aromatic rings. The molecule has 1 atom stereocenters. The van der Waals surface area contributed by atoms with Gasteiger partial charge in [-0.2, -0.15) is 13.2 Å². The van der Waals surface area contributed by atoms with Crippen LogP contribution < -0.4 is 4.74 Å². The minimum Gasteiger partial charge on any atom is -0.489 e. The zero-order valence-corrected chi connectivity index (χ0v) is 18.3. The second kappa shape index (κ2) is 10.6. The van der Waals surface area contributed by atoms with E-state index in [1.807, 2.05) is 0 Å². The number of ether oxygens (including phenoxy) is 1. The zero-order chi connectivity index (χ0) is 22.4. The summed E-state index contributed by atoms with van der Waals surface area (Å²) in [6.07, 6.45) is 5.75. The number of allylic oxidation sites excluding steroid dienone is 1. The average molecular weight is 439 g/mol. The third-order valence-electron chi connectivity index (χ3n) is 6.79. The summed E-state index contributed by atoms with van der Waals surface area (Å²) < 4.78 is 46.3. The fraction of sp³-hybridized carbons (Fsp3) is 0.640. The van der Waals surface area contributed by atoms with Gasteiger partial charge in [0.25, 0.3) is 0 Å². The molecule has 3 nitrogen and oxygen atoms in total. The number of halogens is 3. The number of hydrogen-bond donors (Lipinski definition) is 1. The molecule has 0 radical (unpaired) electrons. The first-order chi connectivity index (χ1) is 14.7. The second-order valence-corrected chi connectivity index (χ2v) is 9.12. The Morgan fingerprint density at radius 3 is 2.55 bits per heavy atom. The molecule has 3 rings (SSSR count). The van der Waals surface area contributed by atoms with Crippen LogP contribution in [-0.4, -0.2) is 17.7 Å². The molecule has 1 unspecified atom stereocenters. The van der Waals surface area contributed by atoms with Crippen molar-refractivity contribution in [3.05, 3.63) is 40.5 Å². The third-order valence-corrected chi connectivity index (χ3v) is 6.79. The number of aliphatic carboxylic acids is 1. The normalized spacial score (nSPS) is 19.0. The largest absolute Gasteiger partial charge is 0.489 e. The van der Waals surface area contributed by atoms with Gasteiger partial charge in [-0.15, -0.1) is 0 Å². The minimum absolute atomic E-state index is 0.00925. The van der Waals surface area contributed by atoms with Crippen LogP contribution in [0.3, 0.4) is 0 Å². The summed E-state index contributed by atoms with van der Waals surface area (Å²) in [5.41, 5.74) is 1.89. The van der Waals surface area contributed by atoms with E-state index in [4.69, 9.17) is 9.84 Å². The van der Waals surface area contributed by atoms with Crippen molar-refractivity contribution < 1.29 is 27.8 Å². The predicted molar refractivity (Wildman–Crippen MR) is 114 cm³/mol. The Morgan fingerprint density at radius 1 is 1.16 bits per heavy atom. The summed E-state index contributed by atoms with van der Waals surface area (Å²) in [5, 5.41) is 8.80. The SMILES string of the molecule is CC(CC1CCCC1)C1=C(COc2ccc(CCC(=O)O)c(C(F)(F)F)c2)CCCC1. The van der Waals surface area contributed by atoms with Gasteiger partial charge in [-0.05, 0) is 73.6 Å². The topological polar surface area (TPSA) is 46.5 Å². The Bertz CT molecular complexity index is 792. The number of carboxylic acid groups (broad SMARTS) is 1. The van der Waals surface area contributed by atoms with Gasteiger partial charge >= 0.3 is 12.1 Å². The van der Waals surface area contributed by atoms with Crippen molar-refractivity contribution in [3.63, 3.8) is 0 Å². The van der Waals surface area contributed by atoms with E-state index in [0.29, 0.717) is 12.5 Å². The molecule has 0 spiro atoms. The van der Waals surface area contributed by atoms with Crippen LogP contribution >= 0.6 is 0 Å². The molecule has 6 heteroatoms. The van der Waals surface area contributed by atoms with Crippen LogP contribution in [-0.2, 0) is 17.4 Å². The Morgan fingerprint density at radius 2 is 1.87 bits per heavy atom. The molecule has 172 valence electrons. The summed E-state index contributed by atoms with van der Waals surface area (Å²) in [7, 11) is 0. The first-order valence-corrected chi connectivity index (χ1v) is 11.5. The van der Waals surface area contributed by atoms with E-state index in [1.165, 1.54) is 61.8 Å². The summed E-state index contributed by atoms with van der Waals surface area (Å²) in [5.74, 6) is 0.384. The van der Waals surface area contributed by atoms with Gasteiger partial charge in [-0.1, -0.05) is 44.2 Å². The van der Waals surface area contributed by atoms with Crippen LogP contribution in [0.15, 0.2) is 29.3 Å². The van der Waals surface area contributed by atoms with E-state index >= 15 is 0 Å². The summed E-state index contributed by atoms with van der Waals surface area (Å²) in [4.78, 5) is 10.8. The van der Waals surface area contributed by atoms with Gasteiger partial charge in [-0.3, -0.25) is 4.79 Å². The molecule has 0 aromatic heterocycles. The van der Waals surface area contributed by atoms with E-state index in [1.54, 1.807) is 0 Å². The van der Waals surface area contributed by atoms with Crippen LogP contribution in [0.5, 0.6) is 5.75 Å². The number of alkyl halides is 3. The van der Waals surface area contributed by atoms with Crippen LogP contribution in [0, 0.1) is 11.8 Å². The van der Waals surface area contributed by atoms with Crippen molar-refractivity contribution >= 4 is 5.97 Å². The Kier molecular flexibility index (Phi) is 8.06. The standard InChI is InChI=1S/C25H33F3O3/c1-17(14-18-6-2-3-7-18)22-9-5-4-8-20(22)16-31-21-12-10-19(11-13-24(29)30)23(15-21)25(26,27)28/h10,12,15,17-18H,2-9,11,13-14,16H2,1H3,(H,29,30). The lowest BCUT2D eigenvalue weighted by Crippen LogP contribution is -2.15. The molecule has 1 N–H and O–H groups in total. The molecule has 1 saturated carbocycles. The van der Waals surface area contributed by atoms with E-state index < -0.39 is 17.7 Å². The molecule has 0 saturated heterocycles. The Hall–Kier alpha value is -1.98. The molecule has 31 heavy (non-hydrogen) atoms.